The van der Waals surface area contributed by atoms with Crippen LogP contribution >= 0.6 is 0 Å². The minimum atomic E-state index is -0.210. The Balaban J connectivity index is 1.20. The fourth-order valence-corrected chi connectivity index (χ4v) is 5.99. The molecule has 2 heterocycles. The smallest absolute Gasteiger partial charge is 0.410 e. The van der Waals surface area contributed by atoms with Crippen LogP contribution in [0.4, 0.5) is 4.79 Å². The standard InChI is InChI=1S/C30H29NO4/c1-33-23-15-20(16-24(17-23)34-2)19-13-21-11-12-22(14-19)31(21)30(32)35-18-29-27-9-5-3-7-25(27)26-8-4-6-10-28(26)29/h3-10,13,15-17,21-22,29H,11-12,14,18H2,1-2H3. The molecular weight excluding hydrogens is 438 g/mol. The number of rotatable bonds is 5. The van der Waals surface area contributed by atoms with Crippen LogP contribution in [0.1, 0.15) is 41.9 Å². The summed E-state index contributed by atoms with van der Waals surface area (Å²) >= 11 is 0. The lowest BCUT2D eigenvalue weighted by atomic mass is 9.94. The molecule has 35 heavy (non-hydrogen) atoms. The highest BCUT2D eigenvalue weighted by Gasteiger charge is 2.41. The van der Waals surface area contributed by atoms with Crippen LogP contribution < -0.4 is 9.47 Å². The van der Waals surface area contributed by atoms with Crippen LogP contribution in [0.5, 0.6) is 11.5 Å². The Morgan fingerprint density at radius 1 is 0.886 bits per heavy atom. The van der Waals surface area contributed by atoms with Crippen molar-refractivity contribution in [1.29, 1.82) is 0 Å². The van der Waals surface area contributed by atoms with Crippen molar-refractivity contribution in [1.82, 2.24) is 4.90 Å². The van der Waals surface area contributed by atoms with E-state index in [0.29, 0.717) is 6.61 Å². The van der Waals surface area contributed by atoms with E-state index in [9.17, 15) is 4.79 Å². The Morgan fingerprint density at radius 2 is 1.51 bits per heavy atom. The number of ether oxygens (including phenoxy) is 3. The largest absolute Gasteiger partial charge is 0.497 e. The number of carbonyl (C=O) groups excluding carboxylic acids is 1. The second-order valence-electron chi connectivity index (χ2n) is 9.51. The Labute approximate surface area is 205 Å². The van der Waals surface area contributed by atoms with Crippen molar-refractivity contribution in [2.45, 2.75) is 37.3 Å². The molecule has 5 nitrogen and oxygen atoms in total. The molecule has 0 spiro atoms. The number of amides is 1. The van der Waals surface area contributed by atoms with Gasteiger partial charge in [-0.15, -0.1) is 0 Å². The quantitative estimate of drug-likeness (QED) is 0.444. The second-order valence-corrected chi connectivity index (χ2v) is 9.51. The first-order chi connectivity index (χ1) is 17.2. The van der Waals surface area contributed by atoms with Gasteiger partial charge < -0.3 is 14.2 Å². The molecule has 3 aromatic rings. The van der Waals surface area contributed by atoms with E-state index in [1.807, 2.05) is 23.1 Å². The number of hydrogen-bond acceptors (Lipinski definition) is 4. The first kappa shape index (κ1) is 21.8. The number of fused-ring (bicyclic) bond motifs is 5. The van der Waals surface area contributed by atoms with Gasteiger partial charge in [0.1, 0.15) is 18.1 Å². The summed E-state index contributed by atoms with van der Waals surface area (Å²) < 4.78 is 16.9. The minimum absolute atomic E-state index is 0.0524. The molecular formula is C30H29NO4. The van der Waals surface area contributed by atoms with Gasteiger partial charge in [-0.3, -0.25) is 4.90 Å². The average Bonchev–Trinajstić information content (AvgIpc) is 3.37. The maximum Gasteiger partial charge on any atom is 0.410 e. The van der Waals surface area contributed by atoms with Gasteiger partial charge in [0.2, 0.25) is 0 Å². The zero-order chi connectivity index (χ0) is 23.9. The maximum atomic E-state index is 13.3. The molecule has 1 fully saturated rings. The van der Waals surface area contributed by atoms with Crippen molar-refractivity contribution in [2.75, 3.05) is 20.8 Å². The molecule has 1 saturated heterocycles. The van der Waals surface area contributed by atoms with Gasteiger partial charge in [0.05, 0.1) is 20.3 Å². The zero-order valence-electron chi connectivity index (χ0n) is 20.1. The van der Waals surface area contributed by atoms with Crippen LogP contribution in [0, 0.1) is 0 Å². The molecule has 0 N–H and O–H groups in total. The predicted molar refractivity (Wildman–Crippen MR) is 136 cm³/mol. The molecule has 2 unspecified atom stereocenters. The Morgan fingerprint density at radius 3 is 2.11 bits per heavy atom. The molecule has 178 valence electrons. The molecule has 0 aromatic heterocycles. The van der Waals surface area contributed by atoms with E-state index in [1.54, 1.807) is 14.2 Å². The summed E-state index contributed by atoms with van der Waals surface area (Å²) in [6.07, 6.45) is 4.75. The molecule has 6 rings (SSSR count). The number of nitrogens with zero attached hydrogens (tertiary/aromatic N) is 1. The summed E-state index contributed by atoms with van der Waals surface area (Å²) in [5.41, 5.74) is 7.27. The molecule has 0 radical (unpaired) electrons. The first-order valence-corrected chi connectivity index (χ1v) is 12.2. The fraction of sp³-hybridized carbons (Fsp3) is 0.300. The minimum Gasteiger partial charge on any atom is -0.497 e. The van der Waals surface area contributed by atoms with Gasteiger partial charge in [0.15, 0.2) is 0 Å². The summed E-state index contributed by atoms with van der Waals surface area (Å²) in [4.78, 5) is 15.3. The Kier molecular flexibility index (Phi) is 5.48. The van der Waals surface area contributed by atoms with Gasteiger partial charge in [-0.05, 0) is 64.8 Å². The van der Waals surface area contributed by atoms with Crippen LogP contribution in [0.3, 0.4) is 0 Å². The van der Waals surface area contributed by atoms with Gasteiger partial charge in [-0.2, -0.15) is 0 Å². The summed E-state index contributed by atoms with van der Waals surface area (Å²) in [6, 6.07) is 23.0. The van der Waals surface area contributed by atoms with Gasteiger partial charge >= 0.3 is 6.09 Å². The number of carbonyl (C=O) groups is 1. The van der Waals surface area contributed by atoms with E-state index in [4.69, 9.17) is 14.2 Å². The lowest BCUT2D eigenvalue weighted by Gasteiger charge is -2.33. The van der Waals surface area contributed by atoms with Crippen LogP contribution in [0.2, 0.25) is 0 Å². The molecule has 2 aliphatic heterocycles. The topological polar surface area (TPSA) is 48.0 Å². The highest BCUT2D eigenvalue weighted by atomic mass is 16.6. The SMILES string of the molecule is COc1cc(OC)cc(C2=CC3CCC(C2)N3C(=O)OCC2c3ccccc3-c3ccccc32)c1. The number of methoxy groups -OCH3 is 2. The second kappa shape index (κ2) is 8.81. The Bertz CT molecular complexity index is 1250. The lowest BCUT2D eigenvalue weighted by Crippen LogP contribution is -2.43. The van der Waals surface area contributed by atoms with Gasteiger partial charge in [0, 0.05) is 18.0 Å². The highest BCUT2D eigenvalue weighted by molar-refractivity contribution is 5.79. The fourth-order valence-electron chi connectivity index (χ4n) is 5.99. The van der Waals surface area contributed by atoms with E-state index < -0.39 is 0 Å². The summed E-state index contributed by atoms with van der Waals surface area (Å²) in [7, 11) is 3.33. The van der Waals surface area contributed by atoms with Crippen molar-refractivity contribution in [3.63, 3.8) is 0 Å². The number of benzene rings is 3. The van der Waals surface area contributed by atoms with E-state index >= 15 is 0 Å². The van der Waals surface area contributed by atoms with E-state index in [0.717, 1.165) is 36.3 Å². The molecule has 3 aromatic carbocycles. The Hall–Kier alpha value is -3.73. The molecule has 0 saturated carbocycles. The monoisotopic (exact) mass is 467 g/mol. The molecule has 1 aliphatic carbocycles. The van der Waals surface area contributed by atoms with Crippen molar-refractivity contribution >= 4 is 11.7 Å². The van der Waals surface area contributed by atoms with E-state index in [1.165, 1.54) is 27.8 Å². The van der Waals surface area contributed by atoms with Crippen molar-refractivity contribution in [3.8, 4) is 22.6 Å². The van der Waals surface area contributed by atoms with E-state index in [2.05, 4.69) is 54.6 Å². The third kappa shape index (κ3) is 3.75. The third-order valence-corrected chi connectivity index (χ3v) is 7.66. The molecule has 3 aliphatic rings. The maximum absolute atomic E-state index is 13.3. The third-order valence-electron chi connectivity index (χ3n) is 7.66. The molecule has 1 amide bonds. The molecule has 5 heteroatoms. The summed E-state index contributed by atoms with van der Waals surface area (Å²) in [5, 5.41) is 0. The summed E-state index contributed by atoms with van der Waals surface area (Å²) in [5.74, 6) is 1.61. The highest BCUT2D eigenvalue weighted by Crippen LogP contribution is 2.45. The molecule has 2 atom stereocenters. The van der Waals surface area contributed by atoms with Gasteiger partial charge in [-0.25, -0.2) is 4.79 Å². The van der Waals surface area contributed by atoms with Crippen molar-refractivity contribution in [2.24, 2.45) is 0 Å². The number of hydrogen-bond donors (Lipinski definition) is 0. The van der Waals surface area contributed by atoms with Gasteiger partial charge in [-0.1, -0.05) is 54.6 Å². The van der Waals surface area contributed by atoms with Crippen molar-refractivity contribution in [3.05, 3.63) is 89.5 Å². The van der Waals surface area contributed by atoms with Gasteiger partial charge in [0.25, 0.3) is 0 Å². The van der Waals surface area contributed by atoms with Crippen LogP contribution in [-0.2, 0) is 4.74 Å². The van der Waals surface area contributed by atoms with Crippen LogP contribution in [0.25, 0.3) is 16.7 Å². The van der Waals surface area contributed by atoms with Crippen LogP contribution in [0.15, 0.2) is 72.8 Å². The normalized spacial score (nSPS) is 20.2. The zero-order valence-corrected chi connectivity index (χ0v) is 20.1. The molecule has 2 bridgehead atoms. The summed E-state index contributed by atoms with van der Waals surface area (Å²) in [6.45, 7) is 0.354. The predicted octanol–water partition coefficient (Wildman–Crippen LogP) is 6.27. The first-order valence-electron chi connectivity index (χ1n) is 12.2. The van der Waals surface area contributed by atoms with E-state index in [-0.39, 0.29) is 24.1 Å². The average molecular weight is 468 g/mol. The van der Waals surface area contributed by atoms with Crippen LogP contribution in [-0.4, -0.2) is 43.9 Å². The lowest BCUT2D eigenvalue weighted by molar-refractivity contribution is 0.0866. The van der Waals surface area contributed by atoms with Crippen molar-refractivity contribution < 1.29 is 19.0 Å².